The minimum absolute atomic E-state index is 0.291. The Balaban J connectivity index is 2.30. The number of rotatable bonds is 3. The minimum atomic E-state index is 0.291. The molecule has 0 heterocycles. The van der Waals surface area contributed by atoms with Crippen LogP contribution in [0.5, 0.6) is 5.75 Å². The van der Waals surface area contributed by atoms with E-state index in [0.717, 1.165) is 16.5 Å². The summed E-state index contributed by atoms with van der Waals surface area (Å²) in [4.78, 5) is 0. The monoisotopic (exact) mass is 252 g/mol. The van der Waals surface area contributed by atoms with E-state index >= 15 is 0 Å². The fourth-order valence-electron chi connectivity index (χ4n) is 1.50. The molecule has 2 aromatic rings. The first kappa shape index (κ1) is 11.3. The van der Waals surface area contributed by atoms with Gasteiger partial charge >= 0.3 is 0 Å². The van der Waals surface area contributed by atoms with Crippen LogP contribution in [0.15, 0.2) is 53.0 Å². The van der Waals surface area contributed by atoms with Crippen LogP contribution < -0.4 is 4.74 Å². The molecule has 0 N–H and O–H groups in total. The lowest BCUT2D eigenvalue weighted by molar-refractivity contribution is 0.363. The summed E-state index contributed by atoms with van der Waals surface area (Å²) in [5.74, 6) is 0.815. The highest BCUT2D eigenvalue weighted by Crippen LogP contribution is 2.25. The van der Waals surface area contributed by atoms with E-state index in [1.54, 1.807) is 0 Å². The summed E-state index contributed by atoms with van der Waals surface area (Å²) in [7, 11) is 0. The molecule has 0 bridgehead atoms. The van der Waals surface area contributed by atoms with Gasteiger partial charge in [0.2, 0.25) is 0 Å². The molecule has 0 saturated carbocycles. The van der Waals surface area contributed by atoms with Crippen molar-refractivity contribution in [2.45, 2.75) is 0 Å². The maximum atomic E-state index is 5.77. The van der Waals surface area contributed by atoms with Gasteiger partial charge in [0, 0.05) is 10.9 Å². The Bertz CT molecular complexity index is 515. The largest absolute Gasteiger partial charge is 0.487 e. The number of benzene rings is 2. The standard InChI is InChI=1S/C13H10Cl2O/c14-8-11(15)9-16-13-7-3-5-10-4-1-2-6-12(10)13/h1-8H,9H2. The molecule has 3 heteroatoms. The second-order valence-electron chi connectivity index (χ2n) is 3.32. The van der Waals surface area contributed by atoms with Crippen LogP contribution in [-0.2, 0) is 0 Å². The Morgan fingerprint density at radius 2 is 1.88 bits per heavy atom. The van der Waals surface area contributed by atoms with Crippen molar-refractivity contribution < 1.29 is 4.74 Å². The molecule has 0 saturated heterocycles. The lowest BCUT2D eigenvalue weighted by Crippen LogP contribution is -1.97. The van der Waals surface area contributed by atoms with Crippen LogP contribution in [-0.4, -0.2) is 6.61 Å². The summed E-state index contributed by atoms with van der Waals surface area (Å²) in [6.45, 7) is 0.291. The molecule has 0 atom stereocenters. The zero-order chi connectivity index (χ0) is 11.4. The van der Waals surface area contributed by atoms with Crippen LogP contribution in [0.3, 0.4) is 0 Å². The minimum Gasteiger partial charge on any atom is -0.487 e. The van der Waals surface area contributed by atoms with E-state index in [0.29, 0.717) is 11.6 Å². The molecule has 2 rings (SSSR count). The van der Waals surface area contributed by atoms with Gasteiger partial charge in [0.1, 0.15) is 12.4 Å². The van der Waals surface area contributed by atoms with Gasteiger partial charge in [0.15, 0.2) is 0 Å². The number of ether oxygens (including phenoxy) is 1. The van der Waals surface area contributed by atoms with E-state index in [1.165, 1.54) is 5.54 Å². The first-order valence-corrected chi connectivity index (χ1v) is 5.68. The summed E-state index contributed by atoms with van der Waals surface area (Å²) in [6.07, 6.45) is 0. The molecule has 16 heavy (non-hydrogen) atoms. The van der Waals surface area contributed by atoms with Crippen molar-refractivity contribution in [2.75, 3.05) is 6.61 Å². The number of halogens is 2. The molecule has 1 nitrogen and oxygen atoms in total. The fourth-order valence-corrected chi connectivity index (χ4v) is 1.62. The highest BCUT2D eigenvalue weighted by molar-refractivity contribution is 6.36. The zero-order valence-corrected chi connectivity index (χ0v) is 10.0. The van der Waals surface area contributed by atoms with Gasteiger partial charge in [-0.25, -0.2) is 0 Å². The van der Waals surface area contributed by atoms with E-state index in [-0.39, 0.29) is 0 Å². The molecule has 0 aliphatic carbocycles. The number of fused-ring (bicyclic) bond motifs is 1. The summed E-state index contributed by atoms with van der Waals surface area (Å²) >= 11 is 11.2. The van der Waals surface area contributed by atoms with Gasteiger partial charge in [0.25, 0.3) is 0 Å². The van der Waals surface area contributed by atoms with Crippen molar-refractivity contribution in [3.8, 4) is 5.75 Å². The van der Waals surface area contributed by atoms with Crippen LogP contribution in [0.2, 0.25) is 0 Å². The molecule has 0 unspecified atom stereocenters. The van der Waals surface area contributed by atoms with Crippen molar-refractivity contribution in [1.29, 1.82) is 0 Å². The van der Waals surface area contributed by atoms with E-state index in [1.807, 2.05) is 42.5 Å². The number of hydrogen-bond donors (Lipinski definition) is 0. The smallest absolute Gasteiger partial charge is 0.127 e. The molecule has 0 aromatic heterocycles. The normalized spacial score (nSPS) is 11.8. The molecule has 82 valence electrons. The Morgan fingerprint density at radius 3 is 2.69 bits per heavy atom. The SMILES string of the molecule is ClC=C(Cl)COc1cccc2ccccc12. The molecule has 0 aliphatic heterocycles. The Morgan fingerprint density at radius 1 is 1.12 bits per heavy atom. The molecule has 0 fully saturated rings. The molecular weight excluding hydrogens is 243 g/mol. The Hall–Kier alpha value is -1.18. The van der Waals surface area contributed by atoms with E-state index in [9.17, 15) is 0 Å². The van der Waals surface area contributed by atoms with Crippen LogP contribution in [0.1, 0.15) is 0 Å². The fraction of sp³-hybridized carbons (Fsp3) is 0.0769. The third-order valence-electron chi connectivity index (χ3n) is 2.23. The zero-order valence-electron chi connectivity index (χ0n) is 8.49. The second-order valence-corrected chi connectivity index (χ2v) is 4.03. The van der Waals surface area contributed by atoms with Crippen LogP contribution in [0.4, 0.5) is 0 Å². The number of hydrogen-bond acceptors (Lipinski definition) is 1. The van der Waals surface area contributed by atoms with Gasteiger partial charge in [-0.2, -0.15) is 0 Å². The van der Waals surface area contributed by atoms with E-state index < -0.39 is 0 Å². The van der Waals surface area contributed by atoms with Gasteiger partial charge in [0.05, 0.1) is 5.03 Å². The lowest BCUT2D eigenvalue weighted by Gasteiger charge is -2.08. The van der Waals surface area contributed by atoms with Gasteiger partial charge in [-0.3, -0.25) is 0 Å². The molecule has 0 radical (unpaired) electrons. The highest BCUT2D eigenvalue weighted by atomic mass is 35.5. The maximum Gasteiger partial charge on any atom is 0.127 e. The Kier molecular flexibility index (Phi) is 3.70. The lowest BCUT2D eigenvalue weighted by atomic mass is 10.1. The third-order valence-corrected chi connectivity index (χ3v) is 2.83. The molecule has 0 aliphatic rings. The highest BCUT2D eigenvalue weighted by Gasteiger charge is 2.01. The third kappa shape index (κ3) is 2.49. The van der Waals surface area contributed by atoms with Crippen LogP contribution >= 0.6 is 23.2 Å². The van der Waals surface area contributed by atoms with Gasteiger partial charge < -0.3 is 4.74 Å². The van der Waals surface area contributed by atoms with Crippen LogP contribution in [0, 0.1) is 0 Å². The second kappa shape index (κ2) is 5.24. The summed E-state index contributed by atoms with van der Waals surface area (Å²) in [5, 5.41) is 2.70. The summed E-state index contributed by atoms with van der Waals surface area (Å²) in [5.41, 5.74) is 1.31. The first-order valence-electron chi connectivity index (χ1n) is 4.86. The topological polar surface area (TPSA) is 9.23 Å². The van der Waals surface area contributed by atoms with Gasteiger partial charge in [-0.1, -0.05) is 59.6 Å². The van der Waals surface area contributed by atoms with Crippen LogP contribution in [0.25, 0.3) is 10.8 Å². The predicted octanol–water partition coefficient (Wildman–Crippen LogP) is 4.54. The van der Waals surface area contributed by atoms with Crippen molar-refractivity contribution in [2.24, 2.45) is 0 Å². The molecule has 0 amide bonds. The molecule has 0 spiro atoms. The average Bonchev–Trinajstić information content (AvgIpc) is 2.35. The summed E-state index contributed by atoms with van der Waals surface area (Å²) in [6, 6.07) is 14.0. The molecule has 2 aromatic carbocycles. The first-order chi connectivity index (χ1) is 7.81. The quantitative estimate of drug-likeness (QED) is 0.780. The van der Waals surface area contributed by atoms with Crippen molar-refractivity contribution in [3.05, 3.63) is 53.0 Å². The average molecular weight is 253 g/mol. The van der Waals surface area contributed by atoms with E-state index in [2.05, 4.69) is 0 Å². The van der Waals surface area contributed by atoms with Crippen molar-refractivity contribution in [1.82, 2.24) is 0 Å². The predicted molar refractivity (Wildman–Crippen MR) is 69.2 cm³/mol. The van der Waals surface area contributed by atoms with Crippen molar-refractivity contribution in [3.63, 3.8) is 0 Å². The van der Waals surface area contributed by atoms with Gasteiger partial charge in [-0.05, 0) is 11.5 Å². The maximum absolute atomic E-state index is 5.77. The van der Waals surface area contributed by atoms with Crippen molar-refractivity contribution >= 4 is 34.0 Å². The summed E-state index contributed by atoms with van der Waals surface area (Å²) < 4.78 is 5.59. The van der Waals surface area contributed by atoms with E-state index in [4.69, 9.17) is 27.9 Å². The Labute approximate surface area is 104 Å². The van der Waals surface area contributed by atoms with Gasteiger partial charge in [-0.15, -0.1) is 0 Å². The molecular formula is C13H10Cl2O.